The number of nitriles is 1. The molecule has 2 saturated heterocycles. The molecule has 1 aromatic carbocycles. The van der Waals surface area contributed by atoms with E-state index in [1.54, 1.807) is 7.11 Å². The largest absolute Gasteiger partial charge is 0.476 e. The Balaban J connectivity index is 1.32. The summed E-state index contributed by atoms with van der Waals surface area (Å²) in [5, 5.41) is 10.4. The number of piperidine rings is 1. The van der Waals surface area contributed by atoms with Crippen molar-refractivity contribution in [3.8, 4) is 11.9 Å². The maximum Gasteiger partial charge on any atom is 0.410 e. The van der Waals surface area contributed by atoms with E-state index in [1.807, 2.05) is 31.7 Å². The molecule has 1 aromatic heterocycles. The van der Waals surface area contributed by atoms with Crippen molar-refractivity contribution in [2.75, 3.05) is 44.9 Å². The highest BCUT2D eigenvalue weighted by atomic mass is 16.6. The third-order valence-electron chi connectivity index (χ3n) is 9.33. The monoisotopic (exact) mass is 587 g/mol. The van der Waals surface area contributed by atoms with Crippen LogP contribution in [0.4, 0.5) is 10.6 Å². The number of nitrogens with zero attached hydrogens (tertiary/aromatic N) is 5. The number of benzene rings is 1. The van der Waals surface area contributed by atoms with Gasteiger partial charge in [-0.2, -0.15) is 10.2 Å². The summed E-state index contributed by atoms with van der Waals surface area (Å²) in [6.07, 6.45) is 5.70. The minimum Gasteiger partial charge on any atom is -0.476 e. The Hall–Kier alpha value is -3.35. The molecule has 2 bridgehead atoms. The van der Waals surface area contributed by atoms with Gasteiger partial charge in [-0.1, -0.05) is 30.3 Å². The average Bonchev–Trinajstić information content (AvgIpc) is 3.74. The van der Waals surface area contributed by atoms with E-state index in [4.69, 9.17) is 19.2 Å². The van der Waals surface area contributed by atoms with E-state index in [2.05, 4.69) is 40.1 Å². The molecule has 2 aromatic rings. The Kier molecular flexibility index (Phi) is 8.27. The fourth-order valence-electron chi connectivity index (χ4n) is 7.03. The summed E-state index contributed by atoms with van der Waals surface area (Å²) < 4.78 is 17.7. The molecule has 9 heteroatoms. The second-order valence-electron chi connectivity index (χ2n) is 13.9. The number of amides is 1. The molecule has 0 N–H and O–H groups in total. The van der Waals surface area contributed by atoms with Gasteiger partial charge < -0.3 is 19.1 Å². The molecule has 0 radical (unpaired) electrons. The van der Waals surface area contributed by atoms with Crippen molar-refractivity contribution in [3.63, 3.8) is 0 Å². The predicted octanol–water partition coefficient (Wildman–Crippen LogP) is 5.30. The fraction of sp³-hybridized carbons (Fsp3) is 0.618. The number of pyridine rings is 1. The summed E-state index contributed by atoms with van der Waals surface area (Å²) in [6, 6.07) is 13.1. The number of ether oxygens (including phenoxy) is 3. The molecule has 1 amide bonds. The number of aromatic nitrogens is 1. The van der Waals surface area contributed by atoms with Crippen LogP contribution in [0, 0.1) is 16.7 Å². The zero-order chi connectivity index (χ0) is 30.2. The first-order valence-electron chi connectivity index (χ1n) is 15.8. The van der Waals surface area contributed by atoms with E-state index in [9.17, 15) is 10.1 Å². The summed E-state index contributed by atoms with van der Waals surface area (Å²) >= 11 is 0. The van der Waals surface area contributed by atoms with Gasteiger partial charge in [0, 0.05) is 50.8 Å². The van der Waals surface area contributed by atoms with Gasteiger partial charge in [-0.05, 0) is 70.4 Å². The number of hydrogen-bond donors (Lipinski definition) is 0. The maximum atomic E-state index is 13.3. The molecule has 4 aliphatic rings. The molecule has 0 unspecified atom stereocenters. The van der Waals surface area contributed by atoms with Crippen LogP contribution < -0.4 is 9.64 Å². The van der Waals surface area contributed by atoms with Crippen molar-refractivity contribution < 1.29 is 19.0 Å². The number of hydrogen-bond acceptors (Lipinski definition) is 8. The lowest BCUT2D eigenvalue weighted by molar-refractivity contribution is -0.00981. The maximum absolute atomic E-state index is 13.3. The zero-order valence-corrected chi connectivity index (χ0v) is 26.1. The highest BCUT2D eigenvalue weighted by molar-refractivity contribution is 5.70. The normalized spacial score (nSPS) is 22.9. The number of carbonyl (C=O) groups is 1. The first-order chi connectivity index (χ1) is 20.7. The van der Waals surface area contributed by atoms with Crippen LogP contribution in [0.3, 0.4) is 0 Å². The van der Waals surface area contributed by atoms with Gasteiger partial charge in [0.05, 0.1) is 25.3 Å². The van der Waals surface area contributed by atoms with Gasteiger partial charge in [0.25, 0.3) is 0 Å². The highest BCUT2D eigenvalue weighted by Crippen LogP contribution is 2.46. The Labute approximate surface area is 255 Å². The molecular formula is C34H45N5O4. The summed E-state index contributed by atoms with van der Waals surface area (Å²) in [5.74, 6) is 1.35. The second-order valence-corrected chi connectivity index (χ2v) is 13.9. The second kappa shape index (κ2) is 12.0. The van der Waals surface area contributed by atoms with Crippen molar-refractivity contribution in [3.05, 3.63) is 52.6 Å². The minimum atomic E-state index is -0.532. The van der Waals surface area contributed by atoms with Gasteiger partial charge in [-0.3, -0.25) is 9.80 Å². The van der Waals surface area contributed by atoms with E-state index in [0.29, 0.717) is 44.3 Å². The fourth-order valence-corrected chi connectivity index (χ4v) is 7.03. The lowest BCUT2D eigenvalue weighted by atomic mass is 9.90. The van der Waals surface area contributed by atoms with Crippen LogP contribution in [0.1, 0.15) is 75.1 Å². The number of methoxy groups -OCH3 is 1. The molecule has 4 heterocycles. The Morgan fingerprint density at radius 1 is 1.09 bits per heavy atom. The predicted molar refractivity (Wildman–Crippen MR) is 164 cm³/mol. The van der Waals surface area contributed by atoms with Crippen LogP contribution in [0.2, 0.25) is 0 Å². The molecule has 230 valence electrons. The number of carbonyl (C=O) groups excluding carboxylic acids is 1. The molecule has 3 aliphatic heterocycles. The quantitative estimate of drug-likeness (QED) is 0.411. The summed E-state index contributed by atoms with van der Waals surface area (Å²) in [6.45, 7) is 10.7. The highest BCUT2D eigenvalue weighted by Gasteiger charge is 2.45. The van der Waals surface area contributed by atoms with Gasteiger partial charge in [0.1, 0.15) is 23.1 Å². The average molecular weight is 588 g/mol. The molecule has 9 nitrogen and oxygen atoms in total. The number of fused-ring (bicyclic) bond motifs is 3. The van der Waals surface area contributed by atoms with E-state index in [1.165, 1.54) is 5.56 Å². The first-order valence-corrected chi connectivity index (χ1v) is 15.8. The third kappa shape index (κ3) is 6.46. The molecule has 43 heavy (non-hydrogen) atoms. The Morgan fingerprint density at radius 3 is 2.44 bits per heavy atom. The zero-order valence-electron chi connectivity index (χ0n) is 26.1. The van der Waals surface area contributed by atoms with Crippen LogP contribution in [-0.2, 0) is 29.0 Å². The van der Waals surface area contributed by atoms with Gasteiger partial charge >= 0.3 is 6.09 Å². The van der Waals surface area contributed by atoms with Crippen LogP contribution >= 0.6 is 0 Å². The molecule has 3 fully saturated rings. The van der Waals surface area contributed by atoms with E-state index in [-0.39, 0.29) is 23.6 Å². The molecule has 2 atom stereocenters. The van der Waals surface area contributed by atoms with Crippen molar-refractivity contribution in [1.82, 2.24) is 14.8 Å². The van der Waals surface area contributed by atoms with Crippen LogP contribution in [0.5, 0.6) is 5.88 Å². The van der Waals surface area contributed by atoms with Crippen molar-refractivity contribution in [2.24, 2.45) is 5.41 Å². The number of piperazine rings is 1. The molecule has 1 saturated carbocycles. The van der Waals surface area contributed by atoms with Gasteiger partial charge in [-0.25, -0.2) is 4.79 Å². The van der Waals surface area contributed by atoms with Crippen LogP contribution in [0.15, 0.2) is 30.3 Å². The SMILES string of the molecule is COCC1(COc2nc(N3C[C@H]4CCC[C@@H](C3)N4C(=O)OC(C)(C)C)c3c(c2C#N)CN(Cc2ccccc2)CC3)CC1. The first kappa shape index (κ1) is 29.7. The van der Waals surface area contributed by atoms with Gasteiger partial charge in [0.15, 0.2) is 0 Å². The summed E-state index contributed by atoms with van der Waals surface area (Å²) in [4.78, 5) is 25.1. The molecule has 6 rings (SSSR count). The van der Waals surface area contributed by atoms with E-state index >= 15 is 0 Å². The summed E-state index contributed by atoms with van der Waals surface area (Å²) in [7, 11) is 1.73. The summed E-state index contributed by atoms with van der Waals surface area (Å²) in [5.41, 5.74) is 3.47. The molecular weight excluding hydrogens is 542 g/mol. The molecule has 1 aliphatic carbocycles. The molecule has 0 spiro atoms. The van der Waals surface area contributed by atoms with Gasteiger partial charge in [-0.15, -0.1) is 0 Å². The number of rotatable bonds is 8. The topological polar surface area (TPSA) is 91.2 Å². The third-order valence-corrected chi connectivity index (χ3v) is 9.33. The smallest absolute Gasteiger partial charge is 0.410 e. The minimum absolute atomic E-state index is 0.00857. The van der Waals surface area contributed by atoms with Crippen LogP contribution in [0.25, 0.3) is 0 Å². The Morgan fingerprint density at radius 2 is 1.81 bits per heavy atom. The number of anilines is 1. The van der Waals surface area contributed by atoms with Crippen molar-refractivity contribution in [2.45, 2.75) is 90.1 Å². The van der Waals surface area contributed by atoms with Crippen LogP contribution in [-0.4, -0.2) is 78.5 Å². The Bertz CT molecular complexity index is 1350. The van der Waals surface area contributed by atoms with Crippen molar-refractivity contribution >= 4 is 11.9 Å². The van der Waals surface area contributed by atoms with E-state index in [0.717, 1.165) is 68.6 Å². The van der Waals surface area contributed by atoms with E-state index < -0.39 is 5.60 Å². The standard InChI is InChI=1S/C34H45N5O4/c1-33(2,3)43-32(40)39-25-11-8-12-26(39)20-38(19-25)30-27-13-16-37(18-24-9-6-5-7-10-24)21-29(27)28(17-35)31(36-30)42-23-34(14-15-34)22-41-4/h5-7,9-10,25-26H,8,11-16,18-23H2,1-4H3/t25-,26+. The lowest BCUT2D eigenvalue weighted by Crippen LogP contribution is -2.63. The van der Waals surface area contributed by atoms with Crippen molar-refractivity contribution in [1.29, 1.82) is 5.26 Å². The van der Waals surface area contributed by atoms with Gasteiger partial charge in [0.2, 0.25) is 5.88 Å². The lowest BCUT2D eigenvalue weighted by Gasteiger charge is -2.50.